The summed E-state index contributed by atoms with van der Waals surface area (Å²) in [6.45, 7) is 2.17. The van der Waals surface area contributed by atoms with E-state index in [1.807, 2.05) is 4.90 Å². The average molecular weight is 462 g/mol. The Bertz CT molecular complexity index is 1350. The number of carbonyl (C=O) groups excluding carboxylic acids is 2. The highest BCUT2D eigenvalue weighted by Gasteiger charge is 2.31. The van der Waals surface area contributed by atoms with Crippen molar-refractivity contribution in [2.45, 2.75) is 32.2 Å². The number of hydrogen-bond acceptors (Lipinski definition) is 5. The van der Waals surface area contributed by atoms with Crippen LogP contribution in [0.3, 0.4) is 0 Å². The monoisotopic (exact) mass is 461 g/mol. The number of aromatic nitrogens is 3. The van der Waals surface area contributed by atoms with Crippen LogP contribution in [0.2, 0.25) is 0 Å². The van der Waals surface area contributed by atoms with Gasteiger partial charge < -0.3 is 9.80 Å². The molecule has 0 atom stereocenters. The molecule has 2 amide bonds. The highest BCUT2D eigenvalue weighted by molar-refractivity contribution is 5.92. The Labute approximate surface area is 196 Å². The van der Waals surface area contributed by atoms with Gasteiger partial charge in [-0.15, -0.1) is 0 Å². The number of para-hydroxylation sites is 1. The first-order chi connectivity index (χ1) is 16.5. The molecule has 5 rings (SSSR count). The summed E-state index contributed by atoms with van der Waals surface area (Å²) in [6.07, 6.45) is 4.19. The predicted molar refractivity (Wildman–Crippen MR) is 127 cm³/mol. The Balaban J connectivity index is 1.30. The molecule has 9 nitrogen and oxygen atoms in total. The first-order valence-corrected chi connectivity index (χ1v) is 11.8. The van der Waals surface area contributed by atoms with Crippen LogP contribution in [0, 0.1) is 5.92 Å². The largest absolute Gasteiger partial charge is 0.339 e. The van der Waals surface area contributed by atoms with Crippen molar-refractivity contribution in [3.05, 3.63) is 74.7 Å². The van der Waals surface area contributed by atoms with Crippen molar-refractivity contribution in [2.75, 3.05) is 26.2 Å². The second kappa shape index (κ2) is 9.24. The lowest BCUT2D eigenvalue weighted by atomic mass is 10.1. The smallest absolute Gasteiger partial charge is 0.329 e. The van der Waals surface area contributed by atoms with Crippen molar-refractivity contribution < 1.29 is 9.59 Å². The summed E-state index contributed by atoms with van der Waals surface area (Å²) >= 11 is 0. The molecule has 34 heavy (non-hydrogen) atoms. The Hall–Kier alpha value is -3.75. The lowest BCUT2D eigenvalue weighted by Gasteiger charge is -2.35. The van der Waals surface area contributed by atoms with Gasteiger partial charge in [0.2, 0.25) is 5.91 Å². The van der Waals surface area contributed by atoms with E-state index in [0.717, 1.165) is 25.7 Å². The van der Waals surface area contributed by atoms with E-state index in [-0.39, 0.29) is 24.3 Å². The molecule has 3 heterocycles. The molecular formula is C25H27N5O4. The molecule has 2 fully saturated rings. The van der Waals surface area contributed by atoms with Crippen LogP contribution >= 0.6 is 0 Å². The number of hydrogen-bond donors (Lipinski definition) is 1. The molecular weight excluding hydrogens is 434 g/mol. The summed E-state index contributed by atoms with van der Waals surface area (Å²) in [5.74, 6) is 0.185. The molecule has 1 saturated carbocycles. The van der Waals surface area contributed by atoms with Crippen molar-refractivity contribution in [3.63, 3.8) is 0 Å². The van der Waals surface area contributed by atoms with Gasteiger partial charge in [0.1, 0.15) is 5.69 Å². The van der Waals surface area contributed by atoms with E-state index in [1.165, 1.54) is 4.57 Å². The van der Waals surface area contributed by atoms with E-state index < -0.39 is 11.2 Å². The van der Waals surface area contributed by atoms with Gasteiger partial charge in [-0.25, -0.2) is 9.78 Å². The third-order valence-electron chi connectivity index (χ3n) is 6.83. The summed E-state index contributed by atoms with van der Waals surface area (Å²) < 4.78 is 1.45. The molecule has 3 aromatic rings. The van der Waals surface area contributed by atoms with Crippen LogP contribution in [-0.4, -0.2) is 62.3 Å². The number of rotatable bonds is 4. The number of H-pyrrole nitrogens is 1. The van der Waals surface area contributed by atoms with Crippen molar-refractivity contribution in [1.82, 2.24) is 24.3 Å². The van der Waals surface area contributed by atoms with Gasteiger partial charge in [0.25, 0.3) is 11.5 Å². The highest BCUT2D eigenvalue weighted by atomic mass is 16.2. The number of aromatic amines is 1. The van der Waals surface area contributed by atoms with Gasteiger partial charge in [-0.3, -0.25) is 23.9 Å². The van der Waals surface area contributed by atoms with Crippen LogP contribution < -0.4 is 11.2 Å². The van der Waals surface area contributed by atoms with Gasteiger partial charge in [-0.2, -0.15) is 0 Å². The van der Waals surface area contributed by atoms with Crippen LogP contribution in [0.5, 0.6) is 0 Å². The molecule has 1 N–H and O–H groups in total. The third kappa shape index (κ3) is 4.25. The Morgan fingerprint density at radius 3 is 2.38 bits per heavy atom. The fraction of sp³-hybridized carbons (Fsp3) is 0.400. The predicted octanol–water partition coefficient (Wildman–Crippen LogP) is 1.61. The Kier molecular flexibility index (Phi) is 6.00. The first kappa shape index (κ1) is 22.1. The summed E-state index contributed by atoms with van der Waals surface area (Å²) in [5.41, 5.74) is 0.400. The standard InChI is InChI=1S/C25H27N5O4/c31-22-19-9-3-4-11-21(19)30(25(34)27-22)16-18-8-5-10-20(26-18)24(33)29-14-12-28(13-15-29)23(32)17-6-1-2-7-17/h3-5,8-11,17H,1-2,6-7,12-16H2,(H,27,31,34). The lowest BCUT2D eigenvalue weighted by Crippen LogP contribution is -2.51. The fourth-order valence-electron chi connectivity index (χ4n) is 4.97. The van der Waals surface area contributed by atoms with Gasteiger partial charge in [0, 0.05) is 32.1 Å². The number of carbonyl (C=O) groups is 2. The Morgan fingerprint density at radius 1 is 0.912 bits per heavy atom. The topological polar surface area (TPSA) is 108 Å². The number of nitrogens with one attached hydrogen (secondary N) is 1. The van der Waals surface area contributed by atoms with Crippen molar-refractivity contribution >= 4 is 22.7 Å². The van der Waals surface area contributed by atoms with Crippen molar-refractivity contribution in [3.8, 4) is 0 Å². The van der Waals surface area contributed by atoms with E-state index in [9.17, 15) is 19.2 Å². The van der Waals surface area contributed by atoms with Gasteiger partial charge in [0.15, 0.2) is 0 Å². The van der Waals surface area contributed by atoms with Gasteiger partial charge in [0.05, 0.1) is 23.1 Å². The molecule has 0 radical (unpaired) electrons. The van der Waals surface area contributed by atoms with Crippen LogP contribution in [0.1, 0.15) is 41.9 Å². The maximum absolute atomic E-state index is 13.1. The minimum absolute atomic E-state index is 0.126. The molecule has 2 aliphatic rings. The van der Waals surface area contributed by atoms with Gasteiger partial charge in [-0.1, -0.05) is 31.0 Å². The van der Waals surface area contributed by atoms with E-state index >= 15 is 0 Å². The molecule has 1 saturated heterocycles. The number of nitrogens with zero attached hydrogens (tertiary/aromatic N) is 4. The van der Waals surface area contributed by atoms with Gasteiger partial charge in [-0.05, 0) is 37.1 Å². The molecule has 0 spiro atoms. The van der Waals surface area contributed by atoms with Crippen LogP contribution in [-0.2, 0) is 11.3 Å². The summed E-state index contributed by atoms with van der Waals surface area (Å²) in [7, 11) is 0. The molecule has 1 aliphatic carbocycles. The van der Waals surface area contributed by atoms with E-state index in [2.05, 4.69) is 9.97 Å². The second-order valence-electron chi connectivity index (χ2n) is 8.98. The van der Waals surface area contributed by atoms with E-state index in [1.54, 1.807) is 47.4 Å². The molecule has 0 unspecified atom stereocenters. The summed E-state index contributed by atoms with van der Waals surface area (Å²) in [4.78, 5) is 60.8. The van der Waals surface area contributed by atoms with E-state index in [4.69, 9.17) is 0 Å². The maximum atomic E-state index is 13.1. The maximum Gasteiger partial charge on any atom is 0.329 e. The molecule has 9 heteroatoms. The quantitative estimate of drug-likeness (QED) is 0.635. The van der Waals surface area contributed by atoms with E-state index in [0.29, 0.717) is 48.5 Å². The molecule has 0 bridgehead atoms. The minimum atomic E-state index is -0.523. The lowest BCUT2D eigenvalue weighted by molar-refractivity contribution is -0.136. The molecule has 2 aromatic heterocycles. The second-order valence-corrected chi connectivity index (χ2v) is 8.98. The van der Waals surface area contributed by atoms with Crippen LogP contribution in [0.4, 0.5) is 0 Å². The average Bonchev–Trinajstić information content (AvgIpc) is 3.41. The zero-order chi connectivity index (χ0) is 23.7. The Morgan fingerprint density at radius 2 is 1.62 bits per heavy atom. The highest BCUT2D eigenvalue weighted by Crippen LogP contribution is 2.27. The minimum Gasteiger partial charge on any atom is -0.339 e. The number of piperazine rings is 1. The normalized spacial score (nSPS) is 16.8. The third-order valence-corrected chi connectivity index (χ3v) is 6.83. The first-order valence-electron chi connectivity index (χ1n) is 11.8. The molecule has 1 aromatic carbocycles. The summed E-state index contributed by atoms with van der Waals surface area (Å²) in [6, 6.07) is 12.0. The SMILES string of the molecule is O=C(c1cccc(Cn2c(=O)[nH]c(=O)c3ccccc32)n1)N1CCN(C(=O)C2CCCC2)CC1. The van der Waals surface area contributed by atoms with Crippen LogP contribution in [0.15, 0.2) is 52.1 Å². The molecule has 1 aliphatic heterocycles. The summed E-state index contributed by atoms with van der Waals surface area (Å²) in [5, 5.41) is 0.416. The zero-order valence-electron chi connectivity index (χ0n) is 18.9. The zero-order valence-corrected chi connectivity index (χ0v) is 18.9. The van der Waals surface area contributed by atoms with Crippen LogP contribution in [0.25, 0.3) is 10.9 Å². The number of fused-ring (bicyclic) bond motifs is 1. The number of amides is 2. The number of benzene rings is 1. The van der Waals surface area contributed by atoms with Gasteiger partial charge >= 0.3 is 5.69 Å². The van der Waals surface area contributed by atoms with Crippen molar-refractivity contribution in [1.29, 1.82) is 0 Å². The van der Waals surface area contributed by atoms with Crippen molar-refractivity contribution in [2.24, 2.45) is 5.92 Å². The fourth-order valence-corrected chi connectivity index (χ4v) is 4.97. The molecule has 176 valence electrons. The number of pyridine rings is 1.